The fraction of sp³-hybridized carbons (Fsp3) is 0.182. The second-order valence-electron chi connectivity index (χ2n) is 12.1. The van der Waals surface area contributed by atoms with E-state index in [0.29, 0.717) is 12.8 Å². The van der Waals surface area contributed by atoms with Crippen LogP contribution in [0, 0.1) is 0 Å². The maximum Gasteiger partial charge on any atom is 0.143 e. The highest BCUT2D eigenvalue weighted by Crippen LogP contribution is 2.42. The van der Waals surface area contributed by atoms with Gasteiger partial charge in [-0.25, -0.2) is 0 Å². The van der Waals surface area contributed by atoms with Crippen molar-refractivity contribution in [2.24, 2.45) is 0 Å². The van der Waals surface area contributed by atoms with Crippen LogP contribution >= 0.6 is 0 Å². The van der Waals surface area contributed by atoms with Crippen LogP contribution in [-0.2, 0) is 20.7 Å². The van der Waals surface area contributed by atoms with Crippen molar-refractivity contribution < 1.29 is 19.7 Å². The average Bonchev–Trinajstić information content (AvgIpc) is 3.17. The zero-order chi connectivity index (χ0) is 33.1. The molecule has 0 saturated heterocycles. The molecule has 0 bridgehead atoms. The SMILES string of the molecule is O[C@@H](CC[C@H](O)COC(c1ccccc1)(c1ccccc1)c1ccccc1)COC(c1ccccc1)(c1ccccc1)c1ccccc1. The largest absolute Gasteiger partial charge is 0.391 e. The van der Waals surface area contributed by atoms with Crippen LogP contribution in [0.4, 0.5) is 0 Å². The Kier molecular flexibility index (Phi) is 10.9. The van der Waals surface area contributed by atoms with Crippen molar-refractivity contribution in [3.8, 4) is 0 Å². The molecule has 0 amide bonds. The van der Waals surface area contributed by atoms with E-state index in [2.05, 4.69) is 72.8 Å². The summed E-state index contributed by atoms with van der Waals surface area (Å²) in [5, 5.41) is 22.6. The van der Waals surface area contributed by atoms with Gasteiger partial charge in [0.05, 0.1) is 25.4 Å². The van der Waals surface area contributed by atoms with Gasteiger partial charge in [0.15, 0.2) is 0 Å². The molecule has 4 heteroatoms. The second-order valence-corrected chi connectivity index (χ2v) is 12.1. The first-order chi connectivity index (χ1) is 23.6. The van der Waals surface area contributed by atoms with Gasteiger partial charge in [-0.05, 0) is 46.2 Å². The molecule has 4 nitrogen and oxygen atoms in total. The molecule has 0 radical (unpaired) electrons. The number of aliphatic hydroxyl groups is 2. The summed E-state index contributed by atoms with van der Waals surface area (Å²) in [7, 11) is 0. The predicted molar refractivity (Wildman–Crippen MR) is 192 cm³/mol. The van der Waals surface area contributed by atoms with Gasteiger partial charge in [0.2, 0.25) is 0 Å². The van der Waals surface area contributed by atoms with Crippen LogP contribution in [-0.4, -0.2) is 35.6 Å². The highest BCUT2D eigenvalue weighted by molar-refractivity contribution is 5.48. The third-order valence-electron chi connectivity index (χ3n) is 8.90. The Bertz CT molecular complexity index is 1450. The lowest BCUT2D eigenvalue weighted by Gasteiger charge is -2.37. The number of aliphatic hydroxyl groups excluding tert-OH is 2. The molecule has 2 N–H and O–H groups in total. The van der Waals surface area contributed by atoms with Crippen molar-refractivity contribution in [3.05, 3.63) is 215 Å². The van der Waals surface area contributed by atoms with Gasteiger partial charge in [-0.1, -0.05) is 182 Å². The smallest absolute Gasteiger partial charge is 0.143 e. The van der Waals surface area contributed by atoms with E-state index in [1.165, 1.54) is 0 Å². The Balaban J connectivity index is 1.19. The minimum absolute atomic E-state index is 0.0776. The van der Waals surface area contributed by atoms with E-state index in [0.717, 1.165) is 33.4 Å². The Morgan fingerprint density at radius 3 is 0.708 bits per heavy atom. The van der Waals surface area contributed by atoms with E-state index in [9.17, 15) is 10.2 Å². The lowest BCUT2D eigenvalue weighted by molar-refractivity contribution is -0.0570. The molecular weight excluding hydrogens is 592 g/mol. The Morgan fingerprint density at radius 1 is 0.333 bits per heavy atom. The average molecular weight is 635 g/mol. The molecule has 0 aromatic heterocycles. The number of rotatable bonds is 15. The van der Waals surface area contributed by atoms with Gasteiger partial charge in [-0.3, -0.25) is 0 Å². The molecule has 0 saturated carbocycles. The number of hydrogen-bond donors (Lipinski definition) is 2. The molecule has 0 aliphatic carbocycles. The summed E-state index contributed by atoms with van der Waals surface area (Å²) in [6, 6.07) is 60.8. The van der Waals surface area contributed by atoms with E-state index < -0.39 is 23.4 Å². The van der Waals surface area contributed by atoms with Crippen LogP contribution in [0.3, 0.4) is 0 Å². The molecule has 6 aromatic rings. The third kappa shape index (κ3) is 7.18. The molecule has 48 heavy (non-hydrogen) atoms. The first-order valence-electron chi connectivity index (χ1n) is 16.6. The Hall–Kier alpha value is -4.84. The van der Waals surface area contributed by atoms with Crippen LogP contribution in [0.15, 0.2) is 182 Å². The third-order valence-corrected chi connectivity index (χ3v) is 8.90. The molecule has 0 fully saturated rings. The highest BCUT2D eigenvalue weighted by atomic mass is 16.5. The van der Waals surface area contributed by atoms with Crippen LogP contribution < -0.4 is 0 Å². The fourth-order valence-corrected chi connectivity index (χ4v) is 6.53. The van der Waals surface area contributed by atoms with Gasteiger partial charge >= 0.3 is 0 Å². The number of hydrogen-bond acceptors (Lipinski definition) is 4. The van der Waals surface area contributed by atoms with Gasteiger partial charge in [0.25, 0.3) is 0 Å². The quantitative estimate of drug-likeness (QED) is 0.111. The normalized spacial score (nSPS) is 13.1. The highest BCUT2D eigenvalue weighted by Gasteiger charge is 2.39. The first kappa shape index (κ1) is 33.1. The van der Waals surface area contributed by atoms with Crippen molar-refractivity contribution >= 4 is 0 Å². The van der Waals surface area contributed by atoms with E-state index >= 15 is 0 Å². The van der Waals surface area contributed by atoms with E-state index in [-0.39, 0.29) is 13.2 Å². The van der Waals surface area contributed by atoms with Crippen LogP contribution in [0.25, 0.3) is 0 Å². The van der Waals surface area contributed by atoms with Crippen molar-refractivity contribution in [3.63, 3.8) is 0 Å². The summed E-state index contributed by atoms with van der Waals surface area (Å²) in [6.45, 7) is 0.155. The van der Waals surface area contributed by atoms with Crippen molar-refractivity contribution in [2.75, 3.05) is 13.2 Å². The van der Waals surface area contributed by atoms with E-state index in [1.54, 1.807) is 0 Å². The first-order valence-corrected chi connectivity index (χ1v) is 16.6. The lowest BCUT2D eigenvalue weighted by atomic mass is 9.80. The van der Waals surface area contributed by atoms with E-state index in [4.69, 9.17) is 9.47 Å². The molecule has 6 aromatic carbocycles. The summed E-state index contributed by atoms with van der Waals surface area (Å²) in [5.41, 5.74) is 4.00. The Labute approximate surface area is 283 Å². The maximum atomic E-state index is 11.3. The molecule has 2 atom stereocenters. The van der Waals surface area contributed by atoms with Crippen molar-refractivity contribution in [1.82, 2.24) is 0 Å². The monoisotopic (exact) mass is 634 g/mol. The standard InChI is InChI=1S/C44H42O4/c45-41(33-47-43(35-19-7-1-8-20-35,36-21-9-2-10-22-36)37-23-11-3-12-24-37)31-32-42(46)34-48-44(38-25-13-4-14-26-38,39-27-15-5-16-28-39)40-29-17-6-18-30-40/h1-30,41-42,45-46H,31-34H2/t41-,42-/m0/s1. The molecular formula is C44H42O4. The minimum Gasteiger partial charge on any atom is -0.391 e. The number of benzene rings is 6. The second kappa shape index (κ2) is 15.8. The fourth-order valence-electron chi connectivity index (χ4n) is 6.53. The van der Waals surface area contributed by atoms with Gasteiger partial charge in [-0.2, -0.15) is 0 Å². The molecule has 0 aliphatic heterocycles. The van der Waals surface area contributed by atoms with Gasteiger partial charge in [0, 0.05) is 0 Å². The van der Waals surface area contributed by atoms with E-state index in [1.807, 2.05) is 109 Å². The summed E-state index contributed by atoms with van der Waals surface area (Å²) >= 11 is 0. The predicted octanol–water partition coefficient (Wildman–Crippen LogP) is 8.51. The summed E-state index contributed by atoms with van der Waals surface area (Å²) in [5.74, 6) is 0. The van der Waals surface area contributed by atoms with Gasteiger partial charge < -0.3 is 19.7 Å². The minimum atomic E-state index is -0.923. The molecule has 242 valence electrons. The summed E-state index contributed by atoms with van der Waals surface area (Å²) in [6.07, 6.45) is -0.934. The Morgan fingerprint density at radius 2 is 0.521 bits per heavy atom. The van der Waals surface area contributed by atoms with Crippen LogP contribution in [0.2, 0.25) is 0 Å². The van der Waals surface area contributed by atoms with Crippen LogP contribution in [0.1, 0.15) is 46.2 Å². The lowest BCUT2D eigenvalue weighted by Crippen LogP contribution is -2.37. The van der Waals surface area contributed by atoms with Crippen molar-refractivity contribution in [2.45, 2.75) is 36.3 Å². The topological polar surface area (TPSA) is 58.9 Å². The van der Waals surface area contributed by atoms with Crippen LogP contribution in [0.5, 0.6) is 0 Å². The zero-order valence-electron chi connectivity index (χ0n) is 27.0. The summed E-state index contributed by atoms with van der Waals surface area (Å²) < 4.78 is 13.6. The molecule has 6 rings (SSSR count). The maximum absolute atomic E-state index is 11.3. The van der Waals surface area contributed by atoms with Gasteiger partial charge in [0.1, 0.15) is 11.2 Å². The number of ether oxygens (including phenoxy) is 2. The summed E-state index contributed by atoms with van der Waals surface area (Å²) in [4.78, 5) is 0. The zero-order valence-corrected chi connectivity index (χ0v) is 27.0. The van der Waals surface area contributed by atoms with Crippen molar-refractivity contribution in [1.29, 1.82) is 0 Å². The van der Waals surface area contributed by atoms with Gasteiger partial charge in [-0.15, -0.1) is 0 Å². The molecule has 0 spiro atoms. The molecule has 0 heterocycles. The molecule has 0 aliphatic rings. The molecule has 0 unspecified atom stereocenters.